The Balaban J connectivity index is 2.49. The minimum Gasteiger partial charge on any atom is -0.256 e. The molecule has 0 saturated heterocycles. The summed E-state index contributed by atoms with van der Waals surface area (Å²) in [6, 6.07) is 10.1. The molecule has 0 unspecified atom stereocenters. The molecule has 0 spiro atoms. The zero-order chi connectivity index (χ0) is 14.9. The van der Waals surface area contributed by atoms with Gasteiger partial charge in [-0.2, -0.15) is 0 Å². The van der Waals surface area contributed by atoms with E-state index in [1.165, 1.54) is 5.56 Å². The van der Waals surface area contributed by atoms with Crippen molar-refractivity contribution in [3.63, 3.8) is 0 Å². The fourth-order valence-electron chi connectivity index (χ4n) is 2.03. The van der Waals surface area contributed by atoms with Gasteiger partial charge in [0.05, 0.1) is 5.69 Å². The van der Waals surface area contributed by atoms with E-state index in [0.717, 1.165) is 16.8 Å². The van der Waals surface area contributed by atoms with E-state index in [-0.39, 0.29) is 5.92 Å². The molecular weight excluding hydrogens is 218 g/mol. The number of aryl methyl sites for hydroxylation is 2. The SMILES string of the molecule is [2H]C([2H])(c1cnc(-c2ccccc2C)cc1C)C(C)C. The maximum Gasteiger partial charge on any atom is 0.0707 e. The highest BCUT2D eigenvalue weighted by Gasteiger charge is 2.06. The summed E-state index contributed by atoms with van der Waals surface area (Å²) in [7, 11) is 0. The van der Waals surface area contributed by atoms with E-state index in [1.54, 1.807) is 6.20 Å². The molecule has 0 amide bonds. The summed E-state index contributed by atoms with van der Waals surface area (Å²) in [6.45, 7) is 7.82. The van der Waals surface area contributed by atoms with Gasteiger partial charge in [-0.05, 0) is 48.9 Å². The molecule has 0 aliphatic rings. The lowest BCUT2D eigenvalue weighted by atomic mass is 9.98. The van der Waals surface area contributed by atoms with Gasteiger partial charge in [0.1, 0.15) is 0 Å². The highest BCUT2D eigenvalue weighted by Crippen LogP contribution is 2.23. The molecule has 0 saturated carbocycles. The fourth-order valence-corrected chi connectivity index (χ4v) is 2.03. The number of hydrogen-bond donors (Lipinski definition) is 0. The molecule has 0 atom stereocenters. The Morgan fingerprint density at radius 3 is 2.50 bits per heavy atom. The van der Waals surface area contributed by atoms with Gasteiger partial charge in [-0.15, -0.1) is 0 Å². The average molecular weight is 241 g/mol. The third-order valence-electron chi connectivity index (χ3n) is 2.98. The highest BCUT2D eigenvalue weighted by molar-refractivity contribution is 5.64. The molecule has 0 aliphatic heterocycles. The van der Waals surface area contributed by atoms with Crippen molar-refractivity contribution in [3.8, 4) is 11.3 Å². The van der Waals surface area contributed by atoms with Crippen LogP contribution < -0.4 is 0 Å². The molecule has 18 heavy (non-hydrogen) atoms. The van der Waals surface area contributed by atoms with Gasteiger partial charge in [-0.25, -0.2) is 0 Å². The smallest absolute Gasteiger partial charge is 0.0707 e. The van der Waals surface area contributed by atoms with Crippen molar-refractivity contribution >= 4 is 0 Å². The number of rotatable bonds is 3. The quantitative estimate of drug-likeness (QED) is 0.767. The van der Waals surface area contributed by atoms with Gasteiger partial charge in [0, 0.05) is 14.5 Å². The zero-order valence-corrected chi connectivity index (χ0v) is 11.5. The van der Waals surface area contributed by atoms with E-state index in [0.29, 0.717) is 5.56 Å². The van der Waals surface area contributed by atoms with Crippen molar-refractivity contribution in [2.24, 2.45) is 5.92 Å². The lowest BCUT2D eigenvalue weighted by Gasteiger charge is -2.11. The lowest BCUT2D eigenvalue weighted by molar-refractivity contribution is 0.643. The first kappa shape index (κ1) is 10.3. The van der Waals surface area contributed by atoms with Gasteiger partial charge in [0.15, 0.2) is 0 Å². The fraction of sp³-hybridized carbons (Fsp3) is 0.353. The first-order chi connectivity index (χ1) is 9.34. The Morgan fingerprint density at radius 1 is 1.17 bits per heavy atom. The van der Waals surface area contributed by atoms with Crippen LogP contribution in [0.2, 0.25) is 0 Å². The van der Waals surface area contributed by atoms with Gasteiger partial charge < -0.3 is 0 Å². The highest BCUT2D eigenvalue weighted by atomic mass is 14.7. The molecule has 1 nitrogen and oxygen atoms in total. The van der Waals surface area contributed by atoms with Crippen molar-refractivity contribution in [1.82, 2.24) is 4.98 Å². The van der Waals surface area contributed by atoms with Gasteiger partial charge in [-0.1, -0.05) is 38.1 Å². The molecule has 0 fully saturated rings. The minimum absolute atomic E-state index is 0.0766. The second-order valence-electron chi connectivity index (χ2n) is 5.00. The number of benzene rings is 1. The van der Waals surface area contributed by atoms with Crippen LogP contribution in [0.5, 0.6) is 0 Å². The second kappa shape index (κ2) is 5.34. The monoisotopic (exact) mass is 241 g/mol. The van der Waals surface area contributed by atoms with Gasteiger partial charge in [0.25, 0.3) is 0 Å². The Labute approximate surface area is 113 Å². The van der Waals surface area contributed by atoms with Crippen molar-refractivity contribution in [2.45, 2.75) is 34.1 Å². The third-order valence-corrected chi connectivity index (χ3v) is 2.98. The van der Waals surface area contributed by atoms with Crippen molar-refractivity contribution in [3.05, 3.63) is 53.2 Å². The Bertz CT molecular complexity index is 618. The molecule has 0 N–H and O–H groups in total. The maximum atomic E-state index is 8.21. The van der Waals surface area contributed by atoms with E-state index < -0.39 is 6.37 Å². The summed E-state index contributed by atoms with van der Waals surface area (Å²) in [5, 5.41) is 0. The Morgan fingerprint density at radius 2 is 1.89 bits per heavy atom. The molecule has 1 heteroatoms. The lowest BCUT2D eigenvalue weighted by Crippen LogP contribution is -1.99. The van der Waals surface area contributed by atoms with Crippen LogP contribution in [-0.2, 0) is 6.37 Å². The van der Waals surface area contributed by atoms with Crippen LogP contribution in [0.4, 0.5) is 0 Å². The summed E-state index contributed by atoms with van der Waals surface area (Å²) in [4.78, 5) is 4.48. The van der Waals surface area contributed by atoms with E-state index in [1.807, 2.05) is 45.0 Å². The van der Waals surface area contributed by atoms with Crippen molar-refractivity contribution in [2.75, 3.05) is 0 Å². The van der Waals surface area contributed by atoms with Crippen LogP contribution in [-0.4, -0.2) is 4.98 Å². The van der Waals surface area contributed by atoms with E-state index in [9.17, 15) is 0 Å². The van der Waals surface area contributed by atoms with Crippen LogP contribution in [0.3, 0.4) is 0 Å². The van der Waals surface area contributed by atoms with Crippen LogP contribution in [0, 0.1) is 19.8 Å². The average Bonchev–Trinajstić information content (AvgIpc) is 2.38. The molecule has 0 aliphatic carbocycles. The first-order valence-electron chi connectivity index (χ1n) is 7.37. The van der Waals surface area contributed by atoms with E-state index in [2.05, 4.69) is 18.0 Å². The molecule has 0 bridgehead atoms. The van der Waals surface area contributed by atoms with E-state index in [4.69, 9.17) is 2.74 Å². The first-order valence-corrected chi connectivity index (χ1v) is 6.37. The molecule has 2 rings (SSSR count). The van der Waals surface area contributed by atoms with Crippen molar-refractivity contribution in [1.29, 1.82) is 0 Å². The number of hydrogen-bond acceptors (Lipinski definition) is 1. The number of pyridine rings is 1. The molecular formula is C17H21N. The normalized spacial score (nSPS) is 13.4. The van der Waals surface area contributed by atoms with Crippen LogP contribution in [0.1, 0.15) is 33.3 Å². The predicted octanol–water partition coefficient (Wildman–Crippen LogP) is 4.56. The molecule has 1 aromatic heterocycles. The molecule has 94 valence electrons. The zero-order valence-electron chi connectivity index (χ0n) is 13.5. The summed E-state index contributed by atoms with van der Waals surface area (Å²) < 4.78 is 16.4. The maximum absolute atomic E-state index is 8.21. The van der Waals surface area contributed by atoms with E-state index >= 15 is 0 Å². The third kappa shape index (κ3) is 2.79. The topological polar surface area (TPSA) is 12.9 Å². The Hall–Kier alpha value is -1.63. The summed E-state index contributed by atoms with van der Waals surface area (Å²) in [5.41, 5.74) is 4.83. The minimum atomic E-state index is -1.35. The van der Waals surface area contributed by atoms with Crippen LogP contribution >= 0.6 is 0 Å². The largest absolute Gasteiger partial charge is 0.256 e. The molecule has 1 heterocycles. The molecule has 2 aromatic rings. The van der Waals surface area contributed by atoms with Crippen molar-refractivity contribution < 1.29 is 2.74 Å². The summed E-state index contributed by atoms with van der Waals surface area (Å²) in [5.74, 6) is -0.0766. The van der Waals surface area contributed by atoms with Gasteiger partial charge in [0.2, 0.25) is 0 Å². The van der Waals surface area contributed by atoms with Crippen LogP contribution in [0.15, 0.2) is 36.5 Å². The van der Waals surface area contributed by atoms with Gasteiger partial charge >= 0.3 is 0 Å². The molecule has 0 radical (unpaired) electrons. The van der Waals surface area contributed by atoms with Gasteiger partial charge in [-0.3, -0.25) is 4.98 Å². The summed E-state index contributed by atoms with van der Waals surface area (Å²) >= 11 is 0. The molecule has 1 aromatic carbocycles. The Kier molecular flexibility index (Phi) is 3.06. The second-order valence-corrected chi connectivity index (χ2v) is 5.00. The van der Waals surface area contributed by atoms with Crippen LogP contribution in [0.25, 0.3) is 11.3 Å². The summed E-state index contributed by atoms with van der Waals surface area (Å²) in [6.07, 6.45) is 0.346. The predicted molar refractivity (Wildman–Crippen MR) is 77.7 cm³/mol. The standard InChI is InChI=1S/C17H21N/c1-12(2)9-15-11-18-17(10-14(15)4)16-8-6-5-7-13(16)3/h5-8,10-12H,9H2,1-4H3/i9D2. The number of nitrogens with zero attached hydrogens (tertiary/aromatic N) is 1. The number of aromatic nitrogens is 1.